The molecular formula is C23H23N5O7. The summed E-state index contributed by atoms with van der Waals surface area (Å²) in [6.45, 7) is 0.871. The highest BCUT2D eigenvalue weighted by molar-refractivity contribution is 6.09. The third-order valence-corrected chi connectivity index (χ3v) is 5.56. The zero-order valence-electron chi connectivity index (χ0n) is 18.6. The smallest absolute Gasteiger partial charge is 0.335 e. The average Bonchev–Trinajstić information content (AvgIpc) is 3.03. The fraction of sp³-hybridized carbons (Fsp3) is 0.217. The van der Waals surface area contributed by atoms with Crippen molar-refractivity contribution in [3.8, 4) is 0 Å². The van der Waals surface area contributed by atoms with Crippen LogP contribution < -0.4 is 16.5 Å². The summed E-state index contributed by atoms with van der Waals surface area (Å²) in [4.78, 5) is 61.4. The number of aromatic carboxylic acids is 1. The largest absolute Gasteiger partial charge is 0.481 e. The molecule has 0 aliphatic carbocycles. The van der Waals surface area contributed by atoms with Crippen LogP contribution in [0.25, 0.3) is 0 Å². The SMILES string of the molecule is CC1(c2ccc(/C=N/N)cc2)NC(=O)N(CC(=O)NC(CC(=O)O)c2ccc(C(=O)O)cc2)C1=O. The lowest BCUT2D eigenvalue weighted by molar-refractivity contribution is -0.138. The Hall–Kier alpha value is -4.74. The fourth-order valence-corrected chi connectivity index (χ4v) is 3.69. The molecule has 12 heteroatoms. The summed E-state index contributed by atoms with van der Waals surface area (Å²) in [7, 11) is 0. The minimum atomic E-state index is -1.41. The van der Waals surface area contributed by atoms with Gasteiger partial charge in [0.25, 0.3) is 5.91 Å². The van der Waals surface area contributed by atoms with Gasteiger partial charge in [-0.05, 0) is 35.7 Å². The monoisotopic (exact) mass is 481 g/mol. The number of hydrogen-bond donors (Lipinski definition) is 5. The molecule has 2 aromatic carbocycles. The van der Waals surface area contributed by atoms with Crippen molar-refractivity contribution in [2.24, 2.45) is 10.9 Å². The highest BCUT2D eigenvalue weighted by Gasteiger charge is 2.49. The molecule has 1 saturated heterocycles. The summed E-state index contributed by atoms with van der Waals surface area (Å²) in [5.74, 6) is 1.35. The first kappa shape index (κ1) is 24.9. The Kier molecular flexibility index (Phi) is 7.14. The molecule has 1 fully saturated rings. The van der Waals surface area contributed by atoms with Gasteiger partial charge in [-0.25, -0.2) is 9.59 Å². The molecule has 0 bridgehead atoms. The molecule has 182 valence electrons. The van der Waals surface area contributed by atoms with E-state index in [1.165, 1.54) is 37.4 Å². The van der Waals surface area contributed by atoms with Gasteiger partial charge in [-0.15, -0.1) is 0 Å². The van der Waals surface area contributed by atoms with Gasteiger partial charge in [0.2, 0.25) is 5.91 Å². The number of aliphatic carboxylic acids is 1. The highest BCUT2D eigenvalue weighted by atomic mass is 16.4. The summed E-state index contributed by atoms with van der Waals surface area (Å²) in [6.07, 6.45) is 0.926. The molecule has 1 heterocycles. The number of amides is 4. The topological polar surface area (TPSA) is 191 Å². The molecule has 6 N–H and O–H groups in total. The zero-order valence-corrected chi connectivity index (χ0v) is 18.6. The van der Waals surface area contributed by atoms with E-state index in [1.807, 2.05) is 0 Å². The number of urea groups is 1. The van der Waals surface area contributed by atoms with Crippen LogP contribution in [0.5, 0.6) is 0 Å². The predicted octanol–water partition coefficient (Wildman–Crippen LogP) is 0.777. The molecule has 12 nitrogen and oxygen atoms in total. The summed E-state index contributed by atoms with van der Waals surface area (Å²) in [5, 5.41) is 26.8. The van der Waals surface area contributed by atoms with Crippen LogP contribution in [0, 0.1) is 0 Å². The first-order valence-electron chi connectivity index (χ1n) is 10.4. The Labute approximate surface area is 199 Å². The quantitative estimate of drug-likeness (QED) is 0.150. The third-order valence-electron chi connectivity index (χ3n) is 5.56. The summed E-state index contributed by atoms with van der Waals surface area (Å²) in [5.41, 5.74) is 0.108. The van der Waals surface area contributed by atoms with Gasteiger partial charge in [-0.3, -0.25) is 19.3 Å². The van der Waals surface area contributed by atoms with Crippen molar-refractivity contribution in [3.05, 3.63) is 70.8 Å². The van der Waals surface area contributed by atoms with Crippen molar-refractivity contribution in [1.82, 2.24) is 15.5 Å². The van der Waals surface area contributed by atoms with Crippen LogP contribution in [0.15, 0.2) is 53.6 Å². The average molecular weight is 481 g/mol. The Balaban J connectivity index is 1.74. The lowest BCUT2D eigenvalue weighted by Crippen LogP contribution is -2.44. The van der Waals surface area contributed by atoms with Crippen LogP contribution in [-0.4, -0.2) is 57.7 Å². The lowest BCUT2D eigenvalue weighted by Gasteiger charge is -2.23. The number of nitrogens with one attached hydrogen (secondary N) is 2. The molecule has 4 amide bonds. The van der Waals surface area contributed by atoms with Gasteiger partial charge >= 0.3 is 18.0 Å². The van der Waals surface area contributed by atoms with E-state index in [0.717, 1.165) is 4.90 Å². The first-order chi connectivity index (χ1) is 16.5. The van der Waals surface area contributed by atoms with Gasteiger partial charge < -0.3 is 26.7 Å². The third kappa shape index (κ3) is 5.43. The molecule has 1 aliphatic heterocycles. The Morgan fingerprint density at radius 2 is 1.74 bits per heavy atom. The number of benzene rings is 2. The number of hydrazone groups is 1. The number of carboxylic acids is 2. The summed E-state index contributed by atoms with van der Waals surface area (Å²) in [6, 6.07) is 10.1. The number of imide groups is 1. The number of carboxylic acid groups (broad SMARTS) is 2. The standard InChI is InChI=1S/C23H23N5O7/c1-23(16-8-2-13(3-9-16)11-25-24)21(34)28(22(35)27-23)12-18(29)26-17(10-19(30)31)14-4-6-15(7-5-14)20(32)33/h2-9,11,17H,10,12,24H2,1H3,(H,26,29)(H,27,35)(H,30,31)(H,32,33)/b25-11+. The van der Waals surface area contributed by atoms with E-state index in [4.69, 9.17) is 10.9 Å². The molecule has 0 spiro atoms. The van der Waals surface area contributed by atoms with Gasteiger partial charge in [-0.1, -0.05) is 36.4 Å². The summed E-state index contributed by atoms with van der Waals surface area (Å²) >= 11 is 0. The maximum Gasteiger partial charge on any atom is 0.335 e. The predicted molar refractivity (Wildman–Crippen MR) is 122 cm³/mol. The first-order valence-corrected chi connectivity index (χ1v) is 10.4. The van der Waals surface area contributed by atoms with E-state index >= 15 is 0 Å². The van der Waals surface area contributed by atoms with E-state index in [0.29, 0.717) is 16.7 Å². The Morgan fingerprint density at radius 3 is 2.29 bits per heavy atom. The molecule has 0 saturated carbocycles. The van der Waals surface area contributed by atoms with Crippen molar-refractivity contribution in [1.29, 1.82) is 0 Å². The summed E-state index contributed by atoms with van der Waals surface area (Å²) < 4.78 is 0. The molecular weight excluding hydrogens is 458 g/mol. The number of nitrogens with zero attached hydrogens (tertiary/aromatic N) is 2. The van der Waals surface area contributed by atoms with E-state index in [-0.39, 0.29) is 5.56 Å². The minimum absolute atomic E-state index is 0.00360. The lowest BCUT2D eigenvalue weighted by atomic mass is 9.91. The van der Waals surface area contributed by atoms with Gasteiger partial charge in [0.05, 0.1) is 24.2 Å². The van der Waals surface area contributed by atoms with Gasteiger partial charge in [0.15, 0.2) is 0 Å². The van der Waals surface area contributed by atoms with Crippen molar-refractivity contribution < 1.29 is 34.2 Å². The number of carbonyl (C=O) groups is 5. The number of hydrogen-bond acceptors (Lipinski definition) is 7. The molecule has 3 rings (SSSR count). The van der Waals surface area contributed by atoms with Crippen LogP contribution in [0.1, 0.15) is 46.4 Å². The highest BCUT2D eigenvalue weighted by Crippen LogP contribution is 2.29. The number of carbonyl (C=O) groups excluding carboxylic acids is 3. The minimum Gasteiger partial charge on any atom is -0.481 e. The second-order valence-corrected chi connectivity index (χ2v) is 7.99. The van der Waals surface area contributed by atoms with Crippen molar-refractivity contribution in [2.45, 2.75) is 24.9 Å². The number of rotatable bonds is 9. The zero-order chi connectivity index (χ0) is 25.8. The van der Waals surface area contributed by atoms with E-state index < -0.39 is 54.3 Å². The molecule has 35 heavy (non-hydrogen) atoms. The van der Waals surface area contributed by atoms with Crippen LogP contribution in [0.4, 0.5) is 4.79 Å². The fourth-order valence-electron chi connectivity index (χ4n) is 3.69. The molecule has 1 aliphatic rings. The molecule has 2 aromatic rings. The molecule has 0 radical (unpaired) electrons. The van der Waals surface area contributed by atoms with Gasteiger partial charge in [0, 0.05) is 0 Å². The van der Waals surface area contributed by atoms with Gasteiger partial charge in [-0.2, -0.15) is 5.10 Å². The van der Waals surface area contributed by atoms with Crippen molar-refractivity contribution in [2.75, 3.05) is 6.54 Å². The molecule has 2 unspecified atom stereocenters. The number of nitrogens with two attached hydrogens (primary N) is 1. The van der Waals surface area contributed by atoms with Gasteiger partial charge in [0.1, 0.15) is 12.1 Å². The van der Waals surface area contributed by atoms with Crippen LogP contribution in [0.3, 0.4) is 0 Å². The van der Waals surface area contributed by atoms with E-state index in [9.17, 15) is 29.1 Å². The molecule has 0 aromatic heterocycles. The van der Waals surface area contributed by atoms with E-state index in [2.05, 4.69) is 15.7 Å². The van der Waals surface area contributed by atoms with Crippen molar-refractivity contribution >= 4 is 36.0 Å². The maximum absolute atomic E-state index is 13.1. The van der Waals surface area contributed by atoms with Crippen LogP contribution >= 0.6 is 0 Å². The van der Waals surface area contributed by atoms with Crippen LogP contribution in [0.2, 0.25) is 0 Å². The van der Waals surface area contributed by atoms with Crippen LogP contribution in [-0.2, 0) is 19.9 Å². The maximum atomic E-state index is 13.1. The van der Waals surface area contributed by atoms with Crippen molar-refractivity contribution in [3.63, 3.8) is 0 Å². The Bertz CT molecular complexity index is 1190. The second-order valence-electron chi connectivity index (χ2n) is 7.99. The normalized spacial score (nSPS) is 18.4. The Morgan fingerprint density at radius 1 is 1.11 bits per heavy atom. The molecule has 2 atom stereocenters. The van der Waals surface area contributed by atoms with E-state index in [1.54, 1.807) is 24.3 Å². The second kappa shape index (κ2) is 10.0.